The molecule has 162 valence electrons. The number of nitro benzene ring substituents is 2. The molecule has 2 aromatic rings. The van der Waals surface area contributed by atoms with E-state index < -0.39 is 15.8 Å². The maximum atomic E-state index is 10.7. The fourth-order valence-electron chi connectivity index (χ4n) is 2.45. The number of carboxylic acids is 1. The Morgan fingerprint density at radius 2 is 1.53 bits per heavy atom. The molecule has 0 unspecified atom stereocenters. The molecule has 11 nitrogen and oxygen atoms in total. The minimum Gasteiger partial charge on any atom is -0.496 e. The van der Waals surface area contributed by atoms with Crippen molar-refractivity contribution in [1.29, 1.82) is 0 Å². The minimum absolute atomic E-state index is 0.126. The third kappa shape index (κ3) is 6.30. The SMILES string of the molecule is COc1cc(Br)cc([N+](=O)[O-])c1OC.COc1cc(CC(=O)O)cc([N+](=O)[O-])c1C. The molecule has 0 atom stereocenters. The molecule has 0 radical (unpaired) electrons. The summed E-state index contributed by atoms with van der Waals surface area (Å²) in [6.45, 7) is 1.56. The summed E-state index contributed by atoms with van der Waals surface area (Å²) in [6.07, 6.45) is -0.266. The normalized spacial score (nSPS) is 9.77. The molecule has 2 aromatic carbocycles. The molecular weight excluding hydrogens is 468 g/mol. The van der Waals surface area contributed by atoms with Gasteiger partial charge in [-0.05, 0) is 24.6 Å². The number of ether oxygens (including phenoxy) is 3. The average molecular weight is 487 g/mol. The standard InChI is InChI=1S/C10H11NO5.C8H8BrNO4/c1-6-8(11(14)15)3-7(5-10(12)13)4-9(6)16-2;1-13-7-4-5(9)3-6(10(11)12)8(7)14-2/h3-4H,5H2,1-2H3,(H,12,13);3-4H,1-2H3. The van der Waals surface area contributed by atoms with Crippen molar-refractivity contribution in [3.8, 4) is 17.2 Å². The van der Waals surface area contributed by atoms with Crippen LogP contribution in [0, 0.1) is 27.2 Å². The lowest BCUT2D eigenvalue weighted by Gasteiger charge is -2.07. The number of rotatable bonds is 7. The molecule has 0 aliphatic heterocycles. The van der Waals surface area contributed by atoms with E-state index in [-0.39, 0.29) is 23.5 Å². The van der Waals surface area contributed by atoms with E-state index in [2.05, 4.69) is 15.9 Å². The van der Waals surface area contributed by atoms with Gasteiger partial charge < -0.3 is 19.3 Å². The summed E-state index contributed by atoms with van der Waals surface area (Å²) in [5.41, 5.74) is 0.484. The van der Waals surface area contributed by atoms with Crippen LogP contribution in [0.1, 0.15) is 11.1 Å². The van der Waals surface area contributed by atoms with Crippen LogP contribution >= 0.6 is 15.9 Å². The Morgan fingerprint density at radius 3 is 1.97 bits per heavy atom. The summed E-state index contributed by atoms with van der Waals surface area (Å²) in [7, 11) is 4.17. The monoisotopic (exact) mass is 486 g/mol. The molecule has 12 heteroatoms. The predicted octanol–water partition coefficient (Wildman–Crippen LogP) is 3.91. The number of benzene rings is 2. The van der Waals surface area contributed by atoms with Gasteiger partial charge in [-0.15, -0.1) is 0 Å². The molecule has 0 aromatic heterocycles. The number of carboxylic acid groups (broad SMARTS) is 1. The van der Waals surface area contributed by atoms with E-state index in [4.69, 9.17) is 19.3 Å². The topological polar surface area (TPSA) is 151 Å². The number of carbonyl (C=O) groups is 1. The van der Waals surface area contributed by atoms with Gasteiger partial charge in [0.15, 0.2) is 5.75 Å². The van der Waals surface area contributed by atoms with E-state index in [1.807, 2.05) is 0 Å². The molecule has 0 heterocycles. The van der Waals surface area contributed by atoms with Crippen molar-refractivity contribution in [3.05, 3.63) is 60.1 Å². The first-order valence-corrected chi connectivity index (χ1v) is 8.94. The summed E-state index contributed by atoms with van der Waals surface area (Å²) in [6, 6.07) is 5.72. The molecule has 2 rings (SSSR count). The second kappa shape index (κ2) is 11.0. The van der Waals surface area contributed by atoms with Crippen LogP contribution in [0.5, 0.6) is 17.2 Å². The molecule has 1 N–H and O–H groups in total. The zero-order valence-corrected chi connectivity index (χ0v) is 18.1. The number of methoxy groups -OCH3 is 3. The molecule has 0 amide bonds. The largest absolute Gasteiger partial charge is 0.496 e. The lowest BCUT2D eigenvalue weighted by Crippen LogP contribution is -2.03. The Balaban J connectivity index is 0.000000303. The summed E-state index contributed by atoms with van der Waals surface area (Å²) in [5.74, 6) is -0.264. The van der Waals surface area contributed by atoms with Gasteiger partial charge >= 0.3 is 11.7 Å². The van der Waals surface area contributed by atoms with Gasteiger partial charge in [0.25, 0.3) is 5.69 Å². The van der Waals surface area contributed by atoms with Gasteiger partial charge in [-0.1, -0.05) is 15.9 Å². The van der Waals surface area contributed by atoms with Crippen molar-refractivity contribution in [1.82, 2.24) is 0 Å². The van der Waals surface area contributed by atoms with Crippen LogP contribution in [0.15, 0.2) is 28.7 Å². The highest BCUT2D eigenvalue weighted by Crippen LogP contribution is 2.39. The second-order valence-electron chi connectivity index (χ2n) is 5.69. The summed E-state index contributed by atoms with van der Waals surface area (Å²) < 4.78 is 15.4. The molecular formula is C18H19BrN2O9. The Kier molecular flexibility index (Phi) is 8.99. The summed E-state index contributed by atoms with van der Waals surface area (Å²) in [4.78, 5) is 30.8. The quantitative estimate of drug-likeness (QED) is 0.453. The fraction of sp³-hybridized carbons (Fsp3) is 0.278. The summed E-state index contributed by atoms with van der Waals surface area (Å²) in [5, 5.41) is 30.0. The molecule has 0 bridgehead atoms. The molecule has 0 saturated carbocycles. The van der Waals surface area contributed by atoms with Gasteiger partial charge in [-0.25, -0.2) is 0 Å². The van der Waals surface area contributed by atoms with E-state index in [1.54, 1.807) is 13.0 Å². The van der Waals surface area contributed by atoms with Gasteiger partial charge in [-0.2, -0.15) is 0 Å². The maximum absolute atomic E-state index is 10.7. The van der Waals surface area contributed by atoms with Crippen LogP contribution < -0.4 is 14.2 Å². The second-order valence-corrected chi connectivity index (χ2v) is 6.60. The maximum Gasteiger partial charge on any atom is 0.316 e. The highest BCUT2D eigenvalue weighted by atomic mass is 79.9. The number of hydrogen-bond donors (Lipinski definition) is 1. The van der Waals surface area contributed by atoms with Crippen molar-refractivity contribution < 1.29 is 34.0 Å². The molecule has 0 saturated heterocycles. The van der Waals surface area contributed by atoms with Crippen LogP contribution in [0.2, 0.25) is 0 Å². The van der Waals surface area contributed by atoms with Gasteiger partial charge in [0.1, 0.15) is 5.75 Å². The van der Waals surface area contributed by atoms with Crippen LogP contribution in [0.4, 0.5) is 11.4 Å². The van der Waals surface area contributed by atoms with E-state index in [0.29, 0.717) is 27.1 Å². The van der Waals surface area contributed by atoms with Crippen molar-refractivity contribution in [2.45, 2.75) is 13.3 Å². The van der Waals surface area contributed by atoms with Gasteiger partial charge in [0, 0.05) is 16.6 Å². The number of aliphatic carboxylic acids is 1. The van der Waals surface area contributed by atoms with Crippen LogP contribution in [-0.2, 0) is 11.2 Å². The average Bonchev–Trinajstić information content (AvgIpc) is 2.68. The van der Waals surface area contributed by atoms with Gasteiger partial charge in [-0.3, -0.25) is 25.0 Å². The molecule has 30 heavy (non-hydrogen) atoms. The first kappa shape index (κ1) is 24.6. The number of hydrogen-bond acceptors (Lipinski definition) is 8. The molecule has 0 fully saturated rings. The first-order chi connectivity index (χ1) is 14.0. The highest BCUT2D eigenvalue weighted by Gasteiger charge is 2.20. The van der Waals surface area contributed by atoms with Crippen molar-refractivity contribution in [3.63, 3.8) is 0 Å². The van der Waals surface area contributed by atoms with Crippen molar-refractivity contribution in [2.75, 3.05) is 21.3 Å². The van der Waals surface area contributed by atoms with E-state index >= 15 is 0 Å². The Bertz CT molecular complexity index is 963. The van der Waals surface area contributed by atoms with E-state index in [0.717, 1.165) is 0 Å². The van der Waals surface area contributed by atoms with Gasteiger partial charge in [0.05, 0.1) is 43.2 Å². The number of halogens is 1. The van der Waals surface area contributed by atoms with E-state index in [9.17, 15) is 25.0 Å². The third-order valence-electron chi connectivity index (χ3n) is 3.79. The molecule has 0 aliphatic carbocycles. The lowest BCUT2D eigenvalue weighted by molar-refractivity contribution is -0.385. The van der Waals surface area contributed by atoms with Crippen LogP contribution in [-0.4, -0.2) is 42.3 Å². The van der Waals surface area contributed by atoms with Gasteiger partial charge in [0.2, 0.25) is 5.75 Å². The van der Waals surface area contributed by atoms with Crippen molar-refractivity contribution >= 4 is 33.3 Å². The van der Waals surface area contributed by atoms with Crippen LogP contribution in [0.25, 0.3) is 0 Å². The predicted molar refractivity (Wildman–Crippen MR) is 110 cm³/mol. The fourth-order valence-corrected chi connectivity index (χ4v) is 2.88. The zero-order chi connectivity index (χ0) is 23.0. The zero-order valence-electron chi connectivity index (χ0n) is 16.5. The Morgan fingerprint density at radius 1 is 0.967 bits per heavy atom. The first-order valence-electron chi connectivity index (χ1n) is 8.15. The lowest BCUT2D eigenvalue weighted by atomic mass is 10.1. The highest BCUT2D eigenvalue weighted by molar-refractivity contribution is 9.10. The Labute approximate surface area is 179 Å². The Hall–Kier alpha value is -3.41. The molecule has 0 aliphatic rings. The third-order valence-corrected chi connectivity index (χ3v) is 4.24. The summed E-state index contributed by atoms with van der Waals surface area (Å²) >= 11 is 3.15. The number of nitrogens with zero attached hydrogens (tertiary/aromatic N) is 2. The van der Waals surface area contributed by atoms with E-state index in [1.165, 1.54) is 39.5 Å². The molecule has 0 spiro atoms. The smallest absolute Gasteiger partial charge is 0.316 e. The van der Waals surface area contributed by atoms with Crippen molar-refractivity contribution in [2.24, 2.45) is 0 Å². The minimum atomic E-state index is -1.04. The van der Waals surface area contributed by atoms with Crippen LogP contribution in [0.3, 0.4) is 0 Å². The number of nitro groups is 2.